The van der Waals surface area contributed by atoms with Gasteiger partial charge in [-0.25, -0.2) is 9.59 Å². The SMILES string of the molecule is CCCCCNC(=O)[C@H](Cc1ccc(OCC(=O)O)c(C(=O)O)c1)NC(=O)[C@H](Cc1ccccc1)NC(=O)Cc1ccc(C)cc1. The lowest BCUT2D eigenvalue weighted by Crippen LogP contribution is -2.55. The van der Waals surface area contributed by atoms with Crippen LogP contribution in [0.2, 0.25) is 0 Å². The number of carbonyl (C=O) groups excluding carboxylic acids is 3. The molecule has 0 bridgehead atoms. The molecule has 11 heteroatoms. The largest absolute Gasteiger partial charge is 0.481 e. The number of rotatable bonds is 18. The Labute approximate surface area is 268 Å². The smallest absolute Gasteiger partial charge is 0.341 e. The maximum Gasteiger partial charge on any atom is 0.341 e. The number of unbranched alkanes of at least 4 members (excludes halogenated alkanes) is 2. The molecule has 0 aliphatic heterocycles. The molecule has 244 valence electrons. The first-order valence-corrected chi connectivity index (χ1v) is 15.2. The molecule has 11 nitrogen and oxygen atoms in total. The fourth-order valence-corrected chi connectivity index (χ4v) is 4.76. The van der Waals surface area contributed by atoms with E-state index in [9.17, 15) is 29.1 Å². The van der Waals surface area contributed by atoms with Crippen molar-refractivity contribution in [2.45, 2.75) is 64.5 Å². The molecule has 0 heterocycles. The van der Waals surface area contributed by atoms with Crippen LogP contribution in [0.25, 0.3) is 0 Å². The highest BCUT2D eigenvalue weighted by Crippen LogP contribution is 2.21. The van der Waals surface area contributed by atoms with Gasteiger partial charge in [-0.3, -0.25) is 14.4 Å². The Morgan fingerprint density at radius 1 is 0.761 bits per heavy atom. The lowest BCUT2D eigenvalue weighted by molar-refractivity contribution is -0.139. The van der Waals surface area contributed by atoms with Gasteiger partial charge >= 0.3 is 11.9 Å². The van der Waals surface area contributed by atoms with E-state index < -0.39 is 42.4 Å². The summed E-state index contributed by atoms with van der Waals surface area (Å²) in [6.07, 6.45) is 2.77. The first-order chi connectivity index (χ1) is 22.0. The molecule has 0 unspecified atom stereocenters. The highest BCUT2D eigenvalue weighted by atomic mass is 16.5. The van der Waals surface area contributed by atoms with Gasteiger partial charge in [0.05, 0.1) is 6.42 Å². The van der Waals surface area contributed by atoms with Gasteiger partial charge in [0.25, 0.3) is 0 Å². The molecular formula is C35H41N3O8. The molecule has 2 atom stereocenters. The molecule has 3 aromatic rings. The van der Waals surface area contributed by atoms with E-state index in [1.54, 1.807) is 0 Å². The van der Waals surface area contributed by atoms with Crippen LogP contribution in [0.15, 0.2) is 72.8 Å². The van der Waals surface area contributed by atoms with E-state index in [2.05, 4.69) is 16.0 Å². The van der Waals surface area contributed by atoms with Crippen molar-refractivity contribution in [2.75, 3.05) is 13.2 Å². The first kappa shape index (κ1) is 35.3. The number of carboxylic acid groups (broad SMARTS) is 2. The van der Waals surface area contributed by atoms with Crippen molar-refractivity contribution in [3.05, 3.63) is 101 Å². The van der Waals surface area contributed by atoms with Crippen molar-refractivity contribution in [3.63, 3.8) is 0 Å². The lowest BCUT2D eigenvalue weighted by atomic mass is 10.00. The van der Waals surface area contributed by atoms with E-state index in [0.29, 0.717) is 12.1 Å². The van der Waals surface area contributed by atoms with Gasteiger partial charge in [-0.1, -0.05) is 86.0 Å². The number of carbonyl (C=O) groups is 5. The molecule has 0 spiro atoms. The maximum atomic E-state index is 13.8. The Kier molecular flexibility index (Phi) is 13.8. The van der Waals surface area contributed by atoms with Gasteiger partial charge in [0.1, 0.15) is 23.4 Å². The normalized spacial score (nSPS) is 12.0. The molecule has 0 aliphatic carbocycles. The molecule has 3 rings (SSSR count). The van der Waals surface area contributed by atoms with Crippen LogP contribution in [0.4, 0.5) is 0 Å². The predicted octanol–water partition coefficient (Wildman–Crippen LogP) is 3.46. The molecule has 0 fully saturated rings. The molecule has 3 amide bonds. The van der Waals surface area contributed by atoms with Crippen molar-refractivity contribution in [3.8, 4) is 5.75 Å². The van der Waals surface area contributed by atoms with Crippen LogP contribution >= 0.6 is 0 Å². The summed E-state index contributed by atoms with van der Waals surface area (Å²) in [4.78, 5) is 63.0. The molecule has 0 aliphatic rings. The second kappa shape index (κ2) is 17.9. The number of amides is 3. The second-order valence-electron chi connectivity index (χ2n) is 11.1. The topological polar surface area (TPSA) is 171 Å². The quantitative estimate of drug-likeness (QED) is 0.133. The fraction of sp³-hybridized carbons (Fsp3) is 0.343. The summed E-state index contributed by atoms with van der Waals surface area (Å²) >= 11 is 0. The lowest BCUT2D eigenvalue weighted by Gasteiger charge is -2.24. The number of aryl methyl sites for hydroxylation is 1. The van der Waals surface area contributed by atoms with E-state index in [1.165, 1.54) is 18.2 Å². The third-order valence-corrected chi connectivity index (χ3v) is 7.20. The predicted molar refractivity (Wildman–Crippen MR) is 172 cm³/mol. The van der Waals surface area contributed by atoms with Crippen LogP contribution in [-0.4, -0.2) is 65.1 Å². The van der Waals surface area contributed by atoms with E-state index >= 15 is 0 Å². The molecule has 5 N–H and O–H groups in total. The van der Waals surface area contributed by atoms with Crippen molar-refractivity contribution in [1.29, 1.82) is 0 Å². The van der Waals surface area contributed by atoms with Crippen molar-refractivity contribution >= 4 is 29.7 Å². The van der Waals surface area contributed by atoms with Gasteiger partial charge < -0.3 is 30.9 Å². The zero-order valence-electron chi connectivity index (χ0n) is 26.1. The highest BCUT2D eigenvalue weighted by Gasteiger charge is 2.28. The van der Waals surface area contributed by atoms with Crippen LogP contribution in [0.3, 0.4) is 0 Å². The number of carboxylic acids is 2. The standard InChI is InChI=1S/C35H41N3O8/c1-3-4-8-17-36-33(42)28(20-26-15-16-30(46-22-32(40)41)27(18-26)35(44)45)38-34(43)29(19-24-9-6-5-7-10-24)37-31(39)21-25-13-11-23(2)12-14-25/h5-7,9-16,18,28-29H,3-4,8,17,19-22H2,1-2H3,(H,36,42)(H,37,39)(H,38,43)(H,40,41)(H,44,45)/t28-,29-/m0/s1. The van der Waals surface area contributed by atoms with E-state index in [0.717, 1.165) is 36.0 Å². The van der Waals surface area contributed by atoms with Crippen molar-refractivity contribution < 1.29 is 38.9 Å². The molecule has 0 radical (unpaired) electrons. The van der Waals surface area contributed by atoms with Crippen LogP contribution in [0.1, 0.15) is 58.8 Å². The number of benzene rings is 3. The Hall–Kier alpha value is -5.19. The molecule has 0 saturated heterocycles. The first-order valence-electron chi connectivity index (χ1n) is 15.2. The molecule has 3 aromatic carbocycles. The summed E-state index contributed by atoms with van der Waals surface area (Å²) in [5.74, 6) is -4.14. The Morgan fingerprint density at radius 3 is 2.07 bits per heavy atom. The summed E-state index contributed by atoms with van der Waals surface area (Å²) in [6, 6.07) is 18.7. The van der Waals surface area contributed by atoms with Crippen LogP contribution < -0.4 is 20.7 Å². The third-order valence-electron chi connectivity index (χ3n) is 7.20. The Balaban J connectivity index is 1.85. The van der Waals surface area contributed by atoms with Gasteiger partial charge in [0.15, 0.2) is 6.61 Å². The number of nitrogens with one attached hydrogen (secondary N) is 3. The van der Waals surface area contributed by atoms with Gasteiger partial charge in [0, 0.05) is 19.4 Å². The number of ether oxygens (including phenoxy) is 1. The average Bonchev–Trinajstić information content (AvgIpc) is 3.03. The third kappa shape index (κ3) is 11.7. The highest BCUT2D eigenvalue weighted by molar-refractivity contribution is 5.93. The minimum absolute atomic E-state index is 0.0639. The summed E-state index contributed by atoms with van der Waals surface area (Å²) in [5, 5.41) is 27.1. The Bertz CT molecular complexity index is 1490. The second-order valence-corrected chi connectivity index (χ2v) is 11.1. The van der Waals surface area contributed by atoms with E-state index in [-0.39, 0.29) is 36.5 Å². The van der Waals surface area contributed by atoms with Gasteiger partial charge in [0.2, 0.25) is 17.7 Å². The van der Waals surface area contributed by atoms with Crippen LogP contribution in [0, 0.1) is 6.92 Å². The fourth-order valence-electron chi connectivity index (χ4n) is 4.76. The zero-order valence-corrected chi connectivity index (χ0v) is 26.1. The summed E-state index contributed by atoms with van der Waals surface area (Å²) in [5.41, 5.74) is 2.77. The van der Waals surface area contributed by atoms with Crippen molar-refractivity contribution in [1.82, 2.24) is 16.0 Å². The van der Waals surface area contributed by atoms with Crippen molar-refractivity contribution in [2.24, 2.45) is 0 Å². The zero-order chi connectivity index (χ0) is 33.5. The van der Waals surface area contributed by atoms with Crippen LogP contribution in [0.5, 0.6) is 5.75 Å². The number of aromatic carboxylic acids is 1. The van der Waals surface area contributed by atoms with Gasteiger partial charge in [-0.15, -0.1) is 0 Å². The minimum atomic E-state index is -1.34. The number of aliphatic carboxylic acids is 1. The molecule has 46 heavy (non-hydrogen) atoms. The monoisotopic (exact) mass is 631 g/mol. The Morgan fingerprint density at radius 2 is 1.41 bits per heavy atom. The van der Waals surface area contributed by atoms with E-state index in [4.69, 9.17) is 9.84 Å². The van der Waals surface area contributed by atoms with Gasteiger partial charge in [-0.05, 0) is 42.2 Å². The summed E-state index contributed by atoms with van der Waals surface area (Å²) in [7, 11) is 0. The van der Waals surface area contributed by atoms with Crippen LogP contribution in [-0.2, 0) is 38.4 Å². The molecule has 0 aromatic heterocycles. The number of hydrogen-bond acceptors (Lipinski definition) is 6. The number of hydrogen-bond donors (Lipinski definition) is 5. The molecule has 0 saturated carbocycles. The molecular weight excluding hydrogens is 590 g/mol. The summed E-state index contributed by atoms with van der Waals surface area (Å²) in [6.45, 7) is 3.65. The van der Waals surface area contributed by atoms with Gasteiger partial charge in [-0.2, -0.15) is 0 Å². The summed E-state index contributed by atoms with van der Waals surface area (Å²) < 4.78 is 5.11. The average molecular weight is 632 g/mol. The van der Waals surface area contributed by atoms with E-state index in [1.807, 2.05) is 68.4 Å². The maximum absolute atomic E-state index is 13.8. The minimum Gasteiger partial charge on any atom is -0.481 e.